The van der Waals surface area contributed by atoms with Gasteiger partial charge in [0.1, 0.15) is 0 Å². The smallest absolute Gasteiger partial charge is 0.418 e. The Labute approximate surface area is 144 Å². The van der Waals surface area contributed by atoms with E-state index in [-0.39, 0.29) is 0 Å². The largest absolute Gasteiger partial charge is 0.673 e. The first-order chi connectivity index (χ1) is 11.9. The van der Waals surface area contributed by atoms with Crippen molar-refractivity contribution < 1.29 is 21.7 Å². The second kappa shape index (κ2) is 8.47. The van der Waals surface area contributed by atoms with E-state index in [0.29, 0.717) is 0 Å². The van der Waals surface area contributed by atoms with Gasteiger partial charge < -0.3 is 17.3 Å². The van der Waals surface area contributed by atoms with E-state index in [4.69, 9.17) is 4.42 Å². The van der Waals surface area contributed by atoms with Gasteiger partial charge in [0.2, 0.25) is 0 Å². The van der Waals surface area contributed by atoms with E-state index < -0.39 is 7.25 Å². The molecule has 0 aliphatic heterocycles. The lowest BCUT2D eigenvalue weighted by Gasteiger charge is -2.00. The Hall–Kier alpha value is -2.63. The first-order valence-corrected chi connectivity index (χ1v) is 7.82. The molecule has 0 fully saturated rings. The Morgan fingerprint density at radius 2 is 1.20 bits per heavy atom. The van der Waals surface area contributed by atoms with Crippen LogP contribution in [0.4, 0.5) is 17.3 Å². The van der Waals surface area contributed by atoms with Gasteiger partial charge in [0.05, 0.1) is 18.1 Å². The van der Waals surface area contributed by atoms with E-state index in [1.807, 2.05) is 24.3 Å². The number of halogens is 4. The van der Waals surface area contributed by atoms with Crippen molar-refractivity contribution in [3.05, 3.63) is 78.6 Å². The number of benzene rings is 2. The van der Waals surface area contributed by atoms with Gasteiger partial charge in [-0.2, -0.15) is 0 Å². The first-order valence-electron chi connectivity index (χ1n) is 7.82. The molecule has 0 amide bonds. The molecule has 0 bridgehead atoms. The molecule has 0 N–H and O–H groups in total. The fourth-order valence-corrected chi connectivity index (χ4v) is 2.27. The molecule has 130 valence electrons. The van der Waals surface area contributed by atoms with E-state index in [1.54, 1.807) is 0 Å². The molecule has 0 saturated carbocycles. The summed E-state index contributed by atoms with van der Waals surface area (Å²) in [4.78, 5) is 0. The molecule has 1 nitrogen and oxygen atoms in total. The van der Waals surface area contributed by atoms with Gasteiger partial charge in [-0.25, -0.2) is 4.42 Å². The average molecular weight is 348 g/mol. The third-order valence-corrected chi connectivity index (χ3v) is 3.36. The van der Waals surface area contributed by atoms with Crippen LogP contribution in [0.1, 0.15) is 12.7 Å². The van der Waals surface area contributed by atoms with Crippen LogP contribution in [0, 0.1) is 0 Å². The fourth-order valence-electron chi connectivity index (χ4n) is 2.27. The van der Waals surface area contributed by atoms with Gasteiger partial charge in [0, 0.05) is 11.6 Å². The first kappa shape index (κ1) is 18.7. The topological polar surface area (TPSA) is 11.3 Å². The molecule has 3 aromatic rings. The van der Waals surface area contributed by atoms with Gasteiger partial charge in [-0.1, -0.05) is 55.5 Å². The van der Waals surface area contributed by atoms with Crippen LogP contribution in [0.2, 0.25) is 0 Å². The molecule has 0 radical (unpaired) electrons. The van der Waals surface area contributed by atoms with Gasteiger partial charge in [0.15, 0.2) is 0 Å². The summed E-state index contributed by atoms with van der Waals surface area (Å²) >= 11 is 0. The molecule has 25 heavy (non-hydrogen) atoms. The Balaban J connectivity index is 0.000000399. The second-order valence-corrected chi connectivity index (χ2v) is 5.26. The van der Waals surface area contributed by atoms with Crippen LogP contribution in [-0.4, -0.2) is 7.25 Å². The molecule has 3 rings (SSSR count). The monoisotopic (exact) mass is 348 g/mol. The Bertz CT molecular complexity index is 726. The van der Waals surface area contributed by atoms with Crippen molar-refractivity contribution in [2.45, 2.75) is 13.3 Å². The summed E-state index contributed by atoms with van der Waals surface area (Å²) < 4.78 is 45.0. The second-order valence-electron chi connectivity index (χ2n) is 5.26. The quantitative estimate of drug-likeness (QED) is 0.289. The van der Waals surface area contributed by atoms with Crippen molar-refractivity contribution in [1.82, 2.24) is 0 Å². The van der Waals surface area contributed by atoms with Crippen LogP contribution in [0.3, 0.4) is 0 Å². The maximum absolute atomic E-state index is 9.75. The lowest BCUT2D eigenvalue weighted by atomic mass is 10.0. The maximum atomic E-state index is 9.75. The molecular weight excluding hydrogens is 331 g/mol. The Kier molecular flexibility index (Phi) is 6.34. The van der Waals surface area contributed by atoms with E-state index >= 15 is 0 Å². The molecule has 2 aromatic carbocycles. The Morgan fingerprint density at radius 3 is 1.68 bits per heavy atom. The van der Waals surface area contributed by atoms with Gasteiger partial charge in [-0.15, -0.1) is 0 Å². The third-order valence-electron chi connectivity index (χ3n) is 3.36. The minimum atomic E-state index is -6.00. The number of rotatable bonds is 3. The van der Waals surface area contributed by atoms with Crippen molar-refractivity contribution >= 4 is 7.25 Å². The van der Waals surface area contributed by atoms with Gasteiger partial charge >= 0.3 is 18.8 Å². The predicted octanol–water partition coefficient (Wildman–Crippen LogP) is 6.76. The van der Waals surface area contributed by atoms with E-state index in [0.717, 1.165) is 23.5 Å². The van der Waals surface area contributed by atoms with E-state index in [2.05, 4.69) is 55.5 Å². The summed E-state index contributed by atoms with van der Waals surface area (Å²) in [6.45, 7) is 2.11. The van der Waals surface area contributed by atoms with Crippen molar-refractivity contribution in [3.63, 3.8) is 0 Å². The van der Waals surface area contributed by atoms with Crippen molar-refractivity contribution in [2.75, 3.05) is 0 Å². The summed E-state index contributed by atoms with van der Waals surface area (Å²) in [7, 11) is -6.00. The molecule has 1 heterocycles. The van der Waals surface area contributed by atoms with Crippen LogP contribution in [0.25, 0.3) is 22.5 Å². The van der Waals surface area contributed by atoms with Gasteiger partial charge in [-0.3, -0.25) is 0 Å². The number of aryl methyl sites for hydroxylation is 1. The molecule has 0 atom stereocenters. The minimum Gasteiger partial charge on any atom is -0.418 e. The van der Waals surface area contributed by atoms with Crippen LogP contribution < -0.4 is 0 Å². The van der Waals surface area contributed by atoms with E-state index in [9.17, 15) is 17.3 Å². The molecule has 0 aliphatic carbocycles. The molecule has 1 aromatic heterocycles. The molecule has 0 aliphatic rings. The molecule has 0 saturated heterocycles. The highest BCUT2D eigenvalue weighted by Crippen LogP contribution is 2.28. The van der Waals surface area contributed by atoms with Crippen LogP contribution >= 0.6 is 0 Å². The predicted molar refractivity (Wildman–Crippen MR) is 93.6 cm³/mol. The Morgan fingerprint density at radius 1 is 0.720 bits per heavy atom. The van der Waals surface area contributed by atoms with Crippen LogP contribution in [0.15, 0.2) is 77.2 Å². The van der Waals surface area contributed by atoms with Crippen molar-refractivity contribution in [1.29, 1.82) is 0 Å². The lowest BCUT2D eigenvalue weighted by molar-refractivity contribution is 0.368. The summed E-state index contributed by atoms with van der Waals surface area (Å²) in [5.74, 6) is 1.93. The zero-order valence-corrected chi connectivity index (χ0v) is 13.6. The standard InChI is InChI=1S/C19H17O.BF4/c1-2-18-13-17(15-9-5-3-6-10-15)14-19(20-18)16-11-7-4-8-12-16;2-1(3,4)5/h3-14H,2H2,1H3;/q+1;-1. The maximum Gasteiger partial charge on any atom is 0.673 e. The van der Waals surface area contributed by atoms with E-state index in [1.165, 1.54) is 11.1 Å². The molecule has 6 heteroatoms. The van der Waals surface area contributed by atoms with Gasteiger partial charge in [-0.05, 0) is 17.7 Å². The van der Waals surface area contributed by atoms with Crippen LogP contribution in [-0.2, 0) is 6.42 Å². The highest BCUT2D eigenvalue weighted by atomic mass is 19.5. The van der Waals surface area contributed by atoms with Crippen LogP contribution in [0.5, 0.6) is 0 Å². The van der Waals surface area contributed by atoms with Crippen molar-refractivity contribution in [3.8, 4) is 22.5 Å². The SMILES string of the molecule is CCc1cc(-c2ccccc2)cc(-c2ccccc2)[o+]1.F[B-](F)(F)F. The van der Waals surface area contributed by atoms with Gasteiger partial charge in [0.25, 0.3) is 0 Å². The summed E-state index contributed by atoms with van der Waals surface area (Å²) in [6, 6.07) is 24.9. The summed E-state index contributed by atoms with van der Waals surface area (Å²) in [5.41, 5.74) is 3.53. The van der Waals surface area contributed by atoms with Crippen molar-refractivity contribution in [2.24, 2.45) is 0 Å². The third kappa shape index (κ3) is 6.41. The highest BCUT2D eigenvalue weighted by molar-refractivity contribution is 6.50. The zero-order chi connectivity index (χ0) is 18.3. The average Bonchev–Trinajstić information content (AvgIpc) is 2.61. The number of hydrogen-bond donors (Lipinski definition) is 0. The summed E-state index contributed by atoms with van der Waals surface area (Å²) in [5, 5.41) is 0. The molecule has 0 unspecified atom stereocenters. The fraction of sp³-hybridized carbons (Fsp3) is 0.105. The molecular formula is C19H17BF4O. The normalized spacial score (nSPS) is 10.8. The number of hydrogen-bond acceptors (Lipinski definition) is 0. The lowest BCUT2D eigenvalue weighted by Crippen LogP contribution is -2.02. The molecule has 0 spiro atoms. The highest BCUT2D eigenvalue weighted by Gasteiger charge is 2.20. The summed E-state index contributed by atoms with van der Waals surface area (Å²) in [6.07, 6.45) is 0.889. The zero-order valence-electron chi connectivity index (χ0n) is 13.6. The minimum absolute atomic E-state index is 0.889.